The second kappa shape index (κ2) is 43.4. The molecule has 1 rings (SSSR count). The van der Waals surface area contributed by atoms with Crippen molar-refractivity contribution in [1.82, 2.24) is 0 Å². The number of carbonyl (C=O) groups excluding carboxylic acids is 2. The summed E-state index contributed by atoms with van der Waals surface area (Å²) in [7, 11) is 0. The molecule has 12 nitrogen and oxygen atoms in total. The summed E-state index contributed by atoms with van der Waals surface area (Å²) >= 11 is 0. The van der Waals surface area contributed by atoms with Crippen LogP contribution in [0.2, 0.25) is 0 Å². The molecular weight excluding hydrogens is 712 g/mol. The molecule has 1 saturated heterocycles. The van der Waals surface area contributed by atoms with E-state index < -0.39 is 30.4 Å². The number of hydrogen-bond donors (Lipinski definition) is 3. The number of carbonyl (C=O) groups is 2. The molecule has 1 heterocycles. The number of aliphatic carboxylic acids is 1. The first kappa shape index (κ1) is 55.4. The number of rotatable bonds is 37. The number of unbranched alkanes of at least 4 members (excludes halogenated alkanes) is 18. The largest absolute Gasteiger partial charge is 1.00 e. The Kier molecular flexibility index (Phi) is 45.3. The Morgan fingerprint density at radius 3 is 1.60 bits per heavy atom. The van der Waals surface area contributed by atoms with Crippen molar-refractivity contribution in [2.24, 2.45) is 0 Å². The summed E-state index contributed by atoms with van der Waals surface area (Å²) < 4.78 is 33.8. The van der Waals surface area contributed by atoms with Gasteiger partial charge in [-0.25, -0.2) is 0 Å². The van der Waals surface area contributed by atoms with Gasteiger partial charge >= 0.3 is 57.4 Å². The summed E-state index contributed by atoms with van der Waals surface area (Å²) in [6, 6.07) is 0. The zero-order chi connectivity index (χ0) is 38.3. The van der Waals surface area contributed by atoms with Crippen molar-refractivity contribution in [2.75, 3.05) is 66.1 Å². The summed E-state index contributed by atoms with van der Waals surface area (Å²) in [5.74, 6) is -1.12. The van der Waals surface area contributed by atoms with E-state index in [1.807, 2.05) is 0 Å². The van der Waals surface area contributed by atoms with Crippen LogP contribution in [-0.4, -0.2) is 118 Å². The molecule has 0 aromatic heterocycles. The molecule has 0 aromatic rings. The summed E-state index contributed by atoms with van der Waals surface area (Å²) in [5.41, 5.74) is 0. The molecule has 3 N–H and O–H groups in total. The summed E-state index contributed by atoms with van der Waals surface area (Å²) in [5, 5.41) is 37.5. The fraction of sp³-hybridized carbons (Fsp3) is 0.950. The van der Waals surface area contributed by atoms with E-state index in [1.54, 1.807) is 0 Å². The van der Waals surface area contributed by atoms with Gasteiger partial charge in [0.1, 0.15) is 31.0 Å². The standard InChI is InChI=1S/C26H50O10.C14H28O2.K/c1-2-3-4-5-6-7-8-9-10-11-24(30)34-19-18-31-20-22(32-15-12-27)26-25(35-17-14-29)23(21-36-26)33-16-13-28;1-2-3-4-5-6-7-8-9-10-11-12-13-14(15)16;/h22-23,25-29H,2-21H2,1H3;2-13H2,1H3,(H,15,16);/q;;+1/p-1. The fourth-order valence-corrected chi connectivity index (χ4v) is 6.11. The third-order valence-corrected chi connectivity index (χ3v) is 9.00. The van der Waals surface area contributed by atoms with Gasteiger partial charge in [-0.1, -0.05) is 129 Å². The molecule has 0 aromatic carbocycles. The smallest absolute Gasteiger partial charge is 0.550 e. The monoisotopic (exact) mass is 789 g/mol. The number of aliphatic hydroxyl groups is 3. The van der Waals surface area contributed by atoms with Crippen LogP contribution >= 0.6 is 0 Å². The quantitative estimate of drug-likeness (QED) is 0.0478. The first-order valence-corrected chi connectivity index (χ1v) is 20.7. The van der Waals surface area contributed by atoms with Gasteiger partial charge in [-0.05, 0) is 19.3 Å². The van der Waals surface area contributed by atoms with Crippen molar-refractivity contribution in [3.05, 3.63) is 0 Å². The van der Waals surface area contributed by atoms with Crippen LogP contribution in [0.1, 0.15) is 155 Å². The minimum absolute atomic E-state index is 0. The molecule has 1 fully saturated rings. The molecule has 0 aliphatic carbocycles. The van der Waals surface area contributed by atoms with E-state index >= 15 is 0 Å². The molecule has 0 bridgehead atoms. The third-order valence-electron chi connectivity index (χ3n) is 9.00. The Hall–Kier alpha value is 0.256. The van der Waals surface area contributed by atoms with E-state index in [9.17, 15) is 19.8 Å². The maximum atomic E-state index is 11.9. The maximum absolute atomic E-state index is 11.9. The van der Waals surface area contributed by atoms with Gasteiger partial charge in [-0.3, -0.25) is 4.79 Å². The predicted molar refractivity (Wildman–Crippen MR) is 200 cm³/mol. The van der Waals surface area contributed by atoms with Gasteiger partial charge in [-0.15, -0.1) is 0 Å². The Morgan fingerprint density at radius 2 is 1.11 bits per heavy atom. The second-order valence-electron chi connectivity index (χ2n) is 13.7. The van der Waals surface area contributed by atoms with Gasteiger partial charge in [0.25, 0.3) is 0 Å². The number of hydrogen-bond acceptors (Lipinski definition) is 12. The van der Waals surface area contributed by atoms with Crippen LogP contribution in [0.15, 0.2) is 0 Å². The topological polar surface area (TPSA) is 173 Å². The summed E-state index contributed by atoms with van der Waals surface area (Å²) in [6.45, 7) is 5.12. The molecule has 0 saturated carbocycles. The Labute approximate surface area is 364 Å². The molecule has 0 amide bonds. The number of aliphatic hydroxyl groups excluding tert-OH is 3. The number of esters is 1. The zero-order valence-electron chi connectivity index (χ0n) is 34.0. The van der Waals surface area contributed by atoms with E-state index in [0.717, 1.165) is 32.1 Å². The first-order valence-electron chi connectivity index (χ1n) is 20.7. The van der Waals surface area contributed by atoms with Gasteiger partial charge in [0.15, 0.2) is 0 Å². The predicted octanol–water partition coefficient (Wildman–Crippen LogP) is 2.44. The molecular formula is C40H77KO12. The van der Waals surface area contributed by atoms with Gasteiger partial charge in [0, 0.05) is 12.4 Å². The van der Waals surface area contributed by atoms with Crippen LogP contribution in [0.5, 0.6) is 0 Å². The first-order chi connectivity index (χ1) is 25.4. The third kappa shape index (κ3) is 35.2. The van der Waals surface area contributed by atoms with Crippen LogP contribution in [0.4, 0.5) is 0 Å². The average molecular weight is 789 g/mol. The minimum atomic E-state index is -0.907. The van der Waals surface area contributed by atoms with Crippen LogP contribution < -0.4 is 56.5 Å². The van der Waals surface area contributed by atoms with Crippen molar-refractivity contribution in [3.63, 3.8) is 0 Å². The summed E-state index contributed by atoms with van der Waals surface area (Å²) in [4.78, 5) is 22.1. The normalized spacial score (nSPS) is 17.2. The van der Waals surface area contributed by atoms with Crippen molar-refractivity contribution in [2.45, 2.75) is 180 Å². The molecule has 0 spiro atoms. The number of ether oxygens (including phenoxy) is 6. The maximum Gasteiger partial charge on any atom is 1.00 e. The van der Waals surface area contributed by atoms with E-state index in [-0.39, 0.29) is 130 Å². The molecule has 13 heteroatoms. The van der Waals surface area contributed by atoms with Crippen LogP contribution in [-0.2, 0) is 38.0 Å². The molecule has 4 unspecified atom stereocenters. The molecule has 4 atom stereocenters. The van der Waals surface area contributed by atoms with Crippen molar-refractivity contribution in [1.29, 1.82) is 0 Å². The van der Waals surface area contributed by atoms with E-state index in [4.69, 9.17) is 38.6 Å². The second-order valence-corrected chi connectivity index (χ2v) is 13.7. The average Bonchev–Trinajstić information content (AvgIpc) is 3.54. The van der Waals surface area contributed by atoms with E-state index in [2.05, 4.69) is 13.8 Å². The van der Waals surface area contributed by atoms with Crippen molar-refractivity contribution in [3.8, 4) is 0 Å². The summed E-state index contributed by atoms with van der Waals surface area (Å²) in [6.07, 6.45) is 23.2. The minimum Gasteiger partial charge on any atom is -0.550 e. The molecule has 1 aliphatic rings. The molecule has 53 heavy (non-hydrogen) atoms. The van der Waals surface area contributed by atoms with E-state index in [0.29, 0.717) is 6.42 Å². The SMILES string of the molecule is CCCCCCCCCCCC(=O)OCCOCC(OCCO)C1OCC(OCCO)C1OCCO.CCCCCCCCCCCCCC(=O)[O-].[K+]. The van der Waals surface area contributed by atoms with Crippen LogP contribution in [0.3, 0.4) is 0 Å². The molecule has 310 valence electrons. The number of carboxylic acids is 1. The Bertz CT molecular complexity index is 778. The van der Waals surface area contributed by atoms with Gasteiger partial charge in [0.05, 0.1) is 59.5 Å². The van der Waals surface area contributed by atoms with Crippen LogP contribution in [0, 0.1) is 0 Å². The van der Waals surface area contributed by atoms with Gasteiger partial charge in [0.2, 0.25) is 0 Å². The van der Waals surface area contributed by atoms with Gasteiger partial charge < -0.3 is 53.6 Å². The van der Waals surface area contributed by atoms with E-state index in [1.165, 1.54) is 96.3 Å². The number of carboxylic acid groups (broad SMARTS) is 1. The van der Waals surface area contributed by atoms with Gasteiger partial charge in [-0.2, -0.15) is 0 Å². The van der Waals surface area contributed by atoms with Crippen molar-refractivity contribution < 1.29 is 110 Å². The fourth-order valence-electron chi connectivity index (χ4n) is 6.11. The Morgan fingerprint density at radius 1 is 0.642 bits per heavy atom. The van der Waals surface area contributed by atoms with Crippen LogP contribution in [0.25, 0.3) is 0 Å². The molecule has 1 aliphatic heterocycles. The molecule has 0 radical (unpaired) electrons. The van der Waals surface area contributed by atoms with Crippen molar-refractivity contribution >= 4 is 11.9 Å². The zero-order valence-corrected chi connectivity index (χ0v) is 37.1. The Balaban J connectivity index is 0.